The molecule has 0 saturated carbocycles. The van der Waals surface area contributed by atoms with Crippen LogP contribution in [0.2, 0.25) is 0 Å². The summed E-state index contributed by atoms with van der Waals surface area (Å²) in [5, 5.41) is 4.33. The van der Waals surface area contributed by atoms with Crippen LogP contribution in [0.25, 0.3) is 22.3 Å². The first-order chi connectivity index (χ1) is 16.1. The molecule has 3 N–H and O–H groups in total. The Hall–Kier alpha value is -3.67. The molecule has 0 fully saturated rings. The number of aromatic nitrogens is 3. The van der Waals surface area contributed by atoms with Gasteiger partial charge < -0.3 is 15.3 Å². The van der Waals surface area contributed by atoms with Gasteiger partial charge in [-0.25, -0.2) is 4.98 Å². The number of rotatable bonds is 5. The predicted octanol–water partition coefficient (Wildman–Crippen LogP) is 4.08. The van der Waals surface area contributed by atoms with E-state index in [1.807, 2.05) is 36.5 Å². The molecule has 6 heteroatoms. The van der Waals surface area contributed by atoms with Gasteiger partial charge in [0.2, 0.25) is 5.91 Å². The molecular formula is C27H28N4O2. The molecule has 6 nitrogen and oxygen atoms in total. The first kappa shape index (κ1) is 21.2. The van der Waals surface area contributed by atoms with Crippen molar-refractivity contribution in [3.05, 3.63) is 87.5 Å². The van der Waals surface area contributed by atoms with Crippen molar-refractivity contribution in [2.75, 3.05) is 6.54 Å². The van der Waals surface area contributed by atoms with Crippen LogP contribution in [0, 0.1) is 12.8 Å². The Kier molecular flexibility index (Phi) is 5.82. The molecule has 2 heterocycles. The third-order valence-corrected chi connectivity index (χ3v) is 6.61. The van der Waals surface area contributed by atoms with E-state index in [0.717, 1.165) is 28.8 Å². The molecular weight excluding hydrogens is 412 g/mol. The van der Waals surface area contributed by atoms with Crippen molar-refractivity contribution in [1.29, 1.82) is 0 Å². The number of aromatic amines is 2. The Morgan fingerprint density at radius 1 is 1.12 bits per heavy atom. The van der Waals surface area contributed by atoms with Gasteiger partial charge in [0.15, 0.2) is 0 Å². The molecule has 2 aromatic carbocycles. The van der Waals surface area contributed by atoms with E-state index in [1.54, 1.807) is 0 Å². The normalized spacial score (nSPS) is 15.7. The lowest BCUT2D eigenvalue weighted by molar-refractivity contribution is -0.125. The maximum atomic E-state index is 12.9. The minimum atomic E-state index is -0.107. The Morgan fingerprint density at radius 3 is 2.79 bits per heavy atom. The van der Waals surface area contributed by atoms with E-state index in [-0.39, 0.29) is 17.4 Å². The summed E-state index contributed by atoms with van der Waals surface area (Å²) in [5.41, 5.74) is 5.91. The number of fused-ring (bicyclic) bond motifs is 2. The molecule has 0 aliphatic heterocycles. The molecule has 168 valence electrons. The van der Waals surface area contributed by atoms with Crippen molar-refractivity contribution in [3.8, 4) is 11.4 Å². The van der Waals surface area contributed by atoms with Crippen molar-refractivity contribution in [1.82, 2.24) is 20.3 Å². The zero-order valence-corrected chi connectivity index (χ0v) is 18.8. The van der Waals surface area contributed by atoms with E-state index in [9.17, 15) is 9.59 Å². The molecule has 0 bridgehead atoms. The zero-order chi connectivity index (χ0) is 22.8. The third kappa shape index (κ3) is 4.46. The molecule has 4 aromatic rings. The standard InChI is InChI=1S/C27H28N4O2/c1-17-7-11-23-22(15-17)20(16-29-23)13-14-28-26(32)19-8-10-21-24(12-9-19)30-25(31-27(21)33)18-5-3-2-4-6-18/h2-7,11,15-16,19,29H,8-10,12-14H2,1H3,(H,28,32)(H,30,31,33). The molecule has 1 aliphatic carbocycles. The molecule has 2 aromatic heterocycles. The van der Waals surface area contributed by atoms with E-state index in [1.165, 1.54) is 16.5 Å². The van der Waals surface area contributed by atoms with Crippen LogP contribution in [0.4, 0.5) is 0 Å². The number of aryl methyl sites for hydroxylation is 2. The molecule has 1 amide bonds. The van der Waals surface area contributed by atoms with Crippen molar-refractivity contribution >= 4 is 16.8 Å². The summed E-state index contributed by atoms with van der Waals surface area (Å²) < 4.78 is 0. The highest BCUT2D eigenvalue weighted by atomic mass is 16.2. The predicted molar refractivity (Wildman–Crippen MR) is 130 cm³/mol. The van der Waals surface area contributed by atoms with Gasteiger partial charge in [0, 0.05) is 40.7 Å². The van der Waals surface area contributed by atoms with Gasteiger partial charge in [-0.05, 0) is 56.7 Å². The summed E-state index contributed by atoms with van der Waals surface area (Å²) in [7, 11) is 0. The molecule has 1 atom stereocenters. The van der Waals surface area contributed by atoms with Gasteiger partial charge in [-0.2, -0.15) is 0 Å². The molecule has 0 spiro atoms. The van der Waals surface area contributed by atoms with Crippen molar-refractivity contribution in [3.63, 3.8) is 0 Å². The minimum Gasteiger partial charge on any atom is -0.361 e. The number of benzene rings is 2. The van der Waals surface area contributed by atoms with Gasteiger partial charge in [0.05, 0.1) is 5.69 Å². The monoisotopic (exact) mass is 440 g/mol. The lowest BCUT2D eigenvalue weighted by Gasteiger charge is -2.14. The smallest absolute Gasteiger partial charge is 0.254 e. The van der Waals surface area contributed by atoms with Crippen LogP contribution in [0.3, 0.4) is 0 Å². The summed E-state index contributed by atoms with van der Waals surface area (Å²) >= 11 is 0. The number of hydrogen-bond donors (Lipinski definition) is 3. The number of H-pyrrole nitrogens is 2. The first-order valence-corrected chi connectivity index (χ1v) is 11.6. The summed E-state index contributed by atoms with van der Waals surface area (Å²) in [6, 6.07) is 16.0. The first-order valence-electron chi connectivity index (χ1n) is 11.6. The number of carbonyl (C=O) groups excluding carboxylic acids is 1. The van der Waals surface area contributed by atoms with Gasteiger partial charge in [0.25, 0.3) is 5.56 Å². The second-order valence-corrected chi connectivity index (χ2v) is 8.88. The maximum Gasteiger partial charge on any atom is 0.254 e. The molecule has 0 saturated heterocycles. The second kappa shape index (κ2) is 9.06. The van der Waals surface area contributed by atoms with Crippen LogP contribution in [0.5, 0.6) is 0 Å². The lowest BCUT2D eigenvalue weighted by atomic mass is 9.98. The Morgan fingerprint density at radius 2 is 1.94 bits per heavy atom. The van der Waals surface area contributed by atoms with E-state index in [0.29, 0.717) is 38.1 Å². The van der Waals surface area contributed by atoms with Crippen LogP contribution >= 0.6 is 0 Å². The quantitative estimate of drug-likeness (QED) is 0.409. The number of amides is 1. The fourth-order valence-electron chi connectivity index (χ4n) is 4.74. The van der Waals surface area contributed by atoms with Crippen LogP contribution in [0.1, 0.15) is 35.2 Å². The molecule has 5 rings (SSSR count). The lowest BCUT2D eigenvalue weighted by Crippen LogP contribution is -2.32. The SMILES string of the molecule is Cc1ccc2[nH]cc(CCNC(=O)C3CCc4nc(-c5ccccc5)[nH]c(=O)c4CC3)c2c1. The molecule has 0 radical (unpaired) electrons. The minimum absolute atomic E-state index is 0.0681. The Bertz CT molecular complexity index is 1350. The van der Waals surface area contributed by atoms with Crippen LogP contribution < -0.4 is 10.9 Å². The fourth-order valence-corrected chi connectivity index (χ4v) is 4.74. The largest absolute Gasteiger partial charge is 0.361 e. The van der Waals surface area contributed by atoms with E-state index >= 15 is 0 Å². The van der Waals surface area contributed by atoms with Crippen LogP contribution in [0.15, 0.2) is 59.5 Å². The Balaban J connectivity index is 1.22. The van der Waals surface area contributed by atoms with E-state index in [2.05, 4.69) is 40.4 Å². The maximum absolute atomic E-state index is 12.9. The second-order valence-electron chi connectivity index (χ2n) is 8.88. The van der Waals surface area contributed by atoms with Gasteiger partial charge in [-0.3, -0.25) is 9.59 Å². The van der Waals surface area contributed by atoms with Crippen molar-refractivity contribution < 1.29 is 4.79 Å². The van der Waals surface area contributed by atoms with Crippen molar-refractivity contribution in [2.45, 2.75) is 39.0 Å². The summed E-state index contributed by atoms with van der Waals surface area (Å²) in [5.74, 6) is 0.554. The van der Waals surface area contributed by atoms with Gasteiger partial charge >= 0.3 is 0 Å². The van der Waals surface area contributed by atoms with Gasteiger partial charge in [-0.15, -0.1) is 0 Å². The van der Waals surface area contributed by atoms with Crippen LogP contribution in [-0.4, -0.2) is 27.4 Å². The topological polar surface area (TPSA) is 90.6 Å². The summed E-state index contributed by atoms with van der Waals surface area (Å²) in [6.45, 7) is 2.69. The molecule has 1 aliphatic rings. The van der Waals surface area contributed by atoms with Gasteiger partial charge in [0.1, 0.15) is 5.82 Å². The van der Waals surface area contributed by atoms with E-state index in [4.69, 9.17) is 4.98 Å². The highest BCUT2D eigenvalue weighted by Crippen LogP contribution is 2.24. The number of carbonyl (C=O) groups is 1. The average Bonchev–Trinajstić information content (AvgIpc) is 3.08. The number of nitrogens with zero attached hydrogens (tertiary/aromatic N) is 1. The number of hydrogen-bond acceptors (Lipinski definition) is 3. The summed E-state index contributed by atoms with van der Waals surface area (Å²) in [6.07, 6.45) is 5.40. The van der Waals surface area contributed by atoms with Crippen LogP contribution in [-0.2, 0) is 24.1 Å². The highest BCUT2D eigenvalue weighted by molar-refractivity contribution is 5.84. The molecule has 33 heavy (non-hydrogen) atoms. The fraction of sp³-hybridized carbons (Fsp3) is 0.296. The van der Waals surface area contributed by atoms with Crippen molar-refractivity contribution in [2.24, 2.45) is 5.92 Å². The average molecular weight is 441 g/mol. The highest BCUT2D eigenvalue weighted by Gasteiger charge is 2.25. The van der Waals surface area contributed by atoms with E-state index < -0.39 is 0 Å². The zero-order valence-electron chi connectivity index (χ0n) is 18.8. The molecule has 1 unspecified atom stereocenters. The third-order valence-electron chi connectivity index (χ3n) is 6.61. The number of nitrogens with one attached hydrogen (secondary N) is 3. The summed E-state index contributed by atoms with van der Waals surface area (Å²) in [4.78, 5) is 36.6. The van der Waals surface area contributed by atoms with Gasteiger partial charge in [-0.1, -0.05) is 42.0 Å². The Labute approximate surface area is 192 Å².